The number of benzene rings is 2. The maximum Gasteiger partial charge on any atom is 0.267 e. The normalized spacial score (nSPS) is 18.1. The summed E-state index contributed by atoms with van der Waals surface area (Å²) in [6, 6.07) is 24.5. The Kier molecular flexibility index (Phi) is 6.60. The molecular formula is C31H33N7O. The van der Waals surface area contributed by atoms with E-state index in [1.807, 2.05) is 60.3 Å². The molecule has 0 radical (unpaired) electrons. The number of nitrogens with one attached hydrogen (secondary N) is 1. The summed E-state index contributed by atoms with van der Waals surface area (Å²) in [5.41, 5.74) is 4.56. The number of guanidine groups is 1. The van der Waals surface area contributed by atoms with Crippen LogP contribution in [0.1, 0.15) is 49.0 Å². The number of nitrogens with zero attached hydrogens (tertiary/aromatic N) is 6. The number of anilines is 3. The van der Waals surface area contributed by atoms with Gasteiger partial charge in [0.05, 0.1) is 24.3 Å². The summed E-state index contributed by atoms with van der Waals surface area (Å²) in [5.74, 6) is 1.98. The quantitative estimate of drug-likeness (QED) is 0.311. The van der Waals surface area contributed by atoms with Crippen LogP contribution in [0, 0.1) is 0 Å². The highest BCUT2D eigenvalue weighted by Crippen LogP contribution is 2.40. The van der Waals surface area contributed by atoms with Gasteiger partial charge in [0.1, 0.15) is 11.4 Å². The Labute approximate surface area is 229 Å². The van der Waals surface area contributed by atoms with Crippen molar-refractivity contribution < 1.29 is 4.79 Å². The minimum absolute atomic E-state index is 0.0952. The lowest BCUT2D eigenvalue weighted by atomic mass is 10.0. The van der Waals surface area contributed by atoms with Crippen molar-refractivity contribution in [1.82, 2.24) is 19.7 Å². The molecule has 0 saturated carbocycles. The van der Waals surface area contributed by atoms with E-state index in [1.54, 1.807) is 11.1 Å². The Bertz CT molecular complexity index is 1500. The van der Waals surface area contributed by atoms with E-state index in [1.165, 1.54) is 0 Å². The predicted octanol–water partition coefficient (Wildman–Crippen LogP) is 5.95. The SMILES string of the molecule is CCC[C@H]1N=C2N(C)C(=O)c3c(nn(Cc4ccc(-c5ccccn5)cc4)c3Nc3ccccc3)N2[C@H]1CC. The lowest BCUT2D eigenvalue weighted by Gasteiger charge is -2.35. The third-order valence-corrected chi connectivity index (χ3v) is 7.54. The van der Waals surface area contributed by atoms with Crippen molar-refractivity contribution in [3.8, 4) is 11.3 Å². The molecule has 4 heterocycles. The van der Waals surface area contributed by atoms with Crippen molar-refractivity contribution in [2.24, 2.45) is 4.99 Å². The number of carbonyl (C=O) groups is 1. The number of aromatic nitrogens is 3. The summed E-state index contributed by atoms with van der Waals surface area (Å²) < 4.78 is 1.92. The molecule has 0 fully saturated rings. The Morgan fingerprint density at radius 3 is 2.41 bits per heavy atom. The van der Waals surface area contributed by atoms with Crippen molar-refractivity contribution in [1.29, 1.82) is 0 Å². The number of fused-ring (bicyclic) bond motifs is 3. The molecule has 0 bridgehead atoms. The van der Waals surface area contributed by atoms with Crippen LogP contribution >= 0.6 is 0 Å². The molecule has 0 spiro atoms. The Balaban J connectivity index is 1.42. The number of pyridine rings is 1. The van der Waals surface area contributed by atoms with Gasteiger partial charge in [0.25, 0.3) is 5.91 Å². The van der Waals surface area contributed by atoms with E-state index in [2.05, 4.69) is 53.3 Å². The minimum atomic E-state index is -0.0952. The number of amides is 1. The Hall–Kier alpha value is -4.46. The van der Waals surface area contributed by atoms with Crippen molar-refractivity contribution in [3.63, 3.8) is 0 Å². The smallest absolute Gasteiger partial charge is 0.267 e. The van der Waals surface area contributed by atoms with E-state index in [4.69, 9.17) is 10.1 Å². The predicted molar refractivity (Wildman–Crippen MR) is 156 cm³/mol. The summed E-state index contributed by atoms with van der Waals surface area (Å²) in [7, 11) is 1.82. The molecule has 1 N–H and O–H groups in total. The highest BCUT2D eigenvalue weighted by atomic mass is 16.2. The van der Waals surface area contributed by atoms with E-state index in [0.29, 0.717) is 29.7 Å². The maximum atomic E-state index is 13.8. The minimum Gasteiger partial charge on any atom is -0.340 e. The lowest BCUT2D eigenvalue weighted by Crippen LogP contribution is -2.51. The average Bonchev–Trinajstić information content (AvgIpc) is 3.51. The van der Waals surface area contributed by atoms with Gasteiger partial charge in [-0.3, -0.25) is 19.6 Å². The summed E-state index contributed by atoms with van der Waals surface area (Å²) >= 11 is 0. The van der Waals surface area contributed by atoms with E-state index in [-0.39, 0.29) is 18.0 Å². The van der Waals surface area contributed by atoms with Crippen LogP contribution in [-0.4, -0.2) is 50.7 Å². The molecule has 2 atom stereocenters. The Morgan fingerprint density at radius 1 is 0.949 bits per heavy atom. The zero-order valence-electron chi connectivity index (χ0n) is 22.6. The first-order valence-electron chi connectivity index (χ1n) is 13.7. The topological polar surface area (TPSA) is 78.6 Å². The van der Waals surface area contributed by atoms with Crippen LogP contribution in [0.25, 0.3) is 11.3 Å². The molecule has 6 rings (SSSR count). The van der Waals surface area contributed by atoms with Gasteiger partial charge in [0.2, 0.25) is 5.96 Å². The van der Waals surface area contributed by atoms with E-state index in [0.717, 1.165) is 41.8 Å². The van der Waals surface area contributed by atoms with Gasteiger partial charge in [0, 0.05) is 24.5 Å². The largest absolute Gasteiger partial charge is 0.340 e. The van der Waals surface area contributed by atoms with Gasteiger partial charge >= 0.3 is 0 Å². The van der Waals surface area contributed by atoms with E-state index in [9.17, 15) is 4.79 Å². The molecule has 0 aliphatic carbocycles. The second-order valence-corrected chi connectivity index (χ2v) is 10.1. The number of hydrogen-bond donors (Lipinski definition) is 1. The highest BCUT2D eigenvalue weighted by molar-refractivity contribution is 6.21. The second kappa shape index (κ2) is 10.4. The van der Waals surface area contributed by atoms with Gasteiger partial charge < -0.3 is 5.32 Å². The van der Waals surface area contributed by atoms with Crippen molar-refractivity contribution in [2.75, 3.05) is 17.3 Å². The molecule has 2 aliphatic heterocycles. The van der Waals surface area contributed by atoms with Gasteiger partial charge in [-0.25, -0.2) is 9.67 Å². The van der Waals surface area contributed by atoms with Crippen LogP contribution in [0.4, 0.5) is 17.3 Å². The molecule has 2 aliphatic rings. The molecule has 8 heteroatoms. The number of hydrogen-bond acceptors (Lipinski definition) is 6. The fourth-order valence-corrected chi connectivity index (χ4v) is 5.58. The zero-order chi connectivity index (χ0) is 26.9. The molecule has 0 unspecified atom stereocenters. The van der Waals surface area contributed by atoms with E-state index >= 15 is 0 Å². The van der Waals surface area contributed by atoms with Gasteiger partial charge in [0.15, 0.2) is 5.82 Å². The highest BCUT2D eigenvalue weighted by Gasteiger charge is 2.47. The second-order valence-electron chi connectivity index (χ2n) is 10.1. The average molecular weight is 520 g/mol. The third-order valence-electron chi connectivity index (χ3n) is 7.54. The number of para-hydroxylation sites is 1. The first-order chi connectivity index (χ1) is 19.1. The molecule has 39 heavy (non-hydrogen) atoms. The monoisotopic (exact) mass is 519 g/mol. The van der Waals surface area contributed by atoms with Crippen molar-refractivity contribution in [2.45, 2.75) is 51.7 Å². The van der Waals surface area contributed by atoms with Gasteiger partial charge in [-0.05, 0) is 42.7 Å². The fraction of sp³-hybridized carbons (Fsp3) is 0.290. The number of carbonyl (C=O) groups excluding carboxylic acids is 1. The molecule has 0 saturated heterocycles. The van der Waals surface area contributed by atoms with Gasteiger partial charge in [-0.15, -0.1) is 0 Å². The first-order valence-corrected chi connectivity index (χ1v) is 13.7. The summed E-state index contributed by atoms with van der Waals surface area (Å²) in [6.07, 6.45) is 4.74. The molecular weight excluding hydrogens is 486 g/mol. The molecule has 2 aromatic carbocycles. The van der Waals surface area contributed by atoms with Crippen LogP contribution in [0.2, 0.25) is 0 Å². The first kappa shape index (κ1) is 24.9. The van der Waals surface area contributed by atoms with Crippen LogP contribution in [0.5, 0.6) is 0 Å². The van der Waals surface area contributed by atoms with Gasteiger partial charge in [-0.1, -0.05) is 68.8 Å². The molecule has 1 amide bonds. The molecule has 198 valence electrons. The Morgan fingerprint density at radius 2 is 1.72 bits per heavy atom. The summed E-state index contributed by atoms with van der Waals surface area (Å²) in [4.78, 5) is 27.2. The maximum absolute atomic E-state index is 13.8. The standard InChI is InChI=1S/C31H33N7O/c1-4-11-25-26(5-2)38-29-27(30(39)36(3)31(38)34-25)28(33-23-12-7-6-8-13-23)37(35-29)20-21-15-17-22(18-16-21)24-14-9-10-19-32-24/h6-10,12-19,25-26,33H,4-5,11,20H2,1-3H3/t25-,26+/m1/s1. The van der Waals surface area contributed by atoms with E-state index < -0.39 is 0 Å². The number of aliphatic imine (C=N–C) groups is 1. The molecule has 2 aromatic heterocycles. The fourth-order valence-electron chi connectivity index (χ4n) is 5.58. The zero-order valence-corrected chi connectivity index (χ0v) is 22.6. The molecule has 8 nitrogen and oxygen atoms in total. The van der Waals surface area contributed by atoms with Crippen LogP contribution < -0.4 is 10.2 Å². The van der Waals surface area contributed by atoms with Crippen molar-refractivity contribution in [3.05, 3.63) is 90.1 Å². The van der Waals surface area contributed by atoms with Crippen molar-refractivity contribution >= 4 is 29.2 Å². The summed E-state index contributed by atoms with van der Waals surface area (Å²) in [6.45, 7) is 4.88. The lowest BCUT2D eigenvalue weighted by molar-refractivity contribution is 0.0866. The van der Waals surface area contributed by atoms with Crippen LogP contribution in [-0.2, 0) is 6.54 Å². The van der Waals surface area contributed by atoms with Crippen LogP contribution in [0.15, 0.2) is 84.0 Å². The number of rotatable bonds is 8. The van der Waals surface area contributed by atoms with Crippen LogP contribution in [0.3, 0.4) is 0 Å². The third kappa shape index (κ3) is 4.46. The summed E-state index contributed by atoms with van der Waals surface area (Å²) in [5, 5.41) is 8.60. The molecule has 4 aromatic rings. The van der Waals surface area contributed by atoms with Gasteiger partial charge in [-0.2, -0.15) is 5.10 Å².